The predicted molar refractivity (Wildman–Crippen MR) is 50.0 cm³/mol. The molecule has 0 aliphatic heterocycles. The van der Waals surface area contributed by atoms with Crippen molar-refractivity contribution in [3.8, 4) is 0 Å². The zero-order valence-electron chi connectivity index (χ0n) is 7.49. The molecule has 0 unspecified atom stereocenters. The average Bonchev–Trinajstić information content (AvgIpc) is 2.05. The van der Waals surface area contributed by atoms with Crippen molar-refractivity contribution in [2.24, 2.45) is 5.11 Å². The van der Waals surface area contributed by atoms with E-state index < -0.39 is 0 Å². The van der Waals surface area contributed by atoms with E-state index in [4.69, 9.17) is 0 Å². The summed E-state index contributed by atoms with van der Waals surface area (Å²) in [6.07, 6.45) is 0. The first-order valence-electron chi connectivity index (χ1n) is 4.00. The monoisotopic (exact) mass is 161 g/mol. The van der Waals surface area contributed by atoms with Crippen LogP contribution in [-0.4, -0.2) is 11.5 Å². The Labute approximate surface area is 72.7 Å². The van der Waals surface area contributed by atoms with Gasteiger partial charge in [-0.2, -0.15) is 0 Å². The lowest BCUT2D eigenvalue weighted by Gasteiger charge is -2.02. The van der Waals surface area contributed by atoms with Gasteiger partial charge < -0.3 is 0 Å². The van der Waals surface area contributed by atoms with E-state index in [1.54, 1.807) is 0 Å². The van der Waals surface area contributed by atoms with E-state index >= 15 is 0 Å². The average molecular weight is 161 g/mol. The molecule has 0 bridgehead atoms. The Morgan fingerprint density at radius 3 is 2.75 bits per heavy atom. The highest BCUT2D eigenvalue weighted by Crippen LogP contribution is 2.19. The molecule has 62 valence electrons. The van der Waals surface area contributed by atoms with Crippen LogP contribution in [0, 0.1) is 0 Å². The summed E-state index contributed by atoms with van der Waals surface area (Å²) in [7, 11) is 0. The summed E-state index contributed by atoms with van der Waals surface area (Å²) in [6.45, 7) is 7.62. The van der Waals surface area contributed by atoms with Gasteiger partial charge in [0, 0.05) is 4.79 Å². The maximum absolute atomic E-state index is 3.86. The van der Waals surface area contributed by atoms with Crippen LogP contribution in [0.1, 0.15) is 25.3 Å². The van der Waals surface area contributed by atoms with E-state index in [2.05, 4.69) is 36.5 Å². The molecule has 1 aromatic rings. The van der Waals surface area contributed by atoms with Crippen molar-refractivity contribution in [3.05, 3.63) is 29.8 Å². The molecule has 0 amide bonds. The van der Waals surface area contributed by atoms with Crippen LogP contribution < -0.4 is 0 Å². The number of benzene rings is 1. The van der Waals surface area contributed by atoms with Crippen LogP contribution in [0.3, 0.4) is 0 Å². The Morgan fingerprint density at radius 1 is 1.42 bits per heavy atom. The van der Waals surface area contributed by atoms with Gasteiger partial charge in [0.1, 0.15) is 10.8 Å². The summed E-state index contributed by atoms with van der Waals surface area (Å²) in [5.74, 6) is 0.532. The van der Waals surface area contributed by atoms with Crippen molar-refractivity contribution in [1.82, 2.24) is 0 Å². The normalized spacial score (nSPS) is 9.58. The van der Waals surface area contributed by atoms with E-state index in [0.717, 1.165) is 5.69 Å². The van der Waals surface area contributed by atoms with Gasteiger partial charge in [-0.15, -0.1) is 0 Å². The van der Waals surface area contributed by atoms with E-state index in [-0.39, 0.29) is 0 Å². The molecule has 12 heavy (non-hydrogen) atoms. The lowest BCUT2D eigenvalue weighted by molar-refractivity contribution is -0.0631. The molecule has 1 aromatic carbocycles. The van der Waals surface area contributed by atoms with Crippen molar-refractivity contribution < 1.29 is 4.79 Å². The van der Waals surface area contributed by atoms with Gasteiger partial charge >= 0.3 is 0 Å². The molecule has 0 fully saturated rings. The Bertz CT molecular complexity index is 309. The summed E-state index contributed by atoms with van der Waals surface area (Å²) >= 11 is 0. The molecule has 0 aromatic heterocycles. The highest BCUT2D eigenvalue weighted by Gasteiger charge is 2.00. The van der Waals surface area contributed by atoms with Crippen molar-refractivity contribution in [2.75, 3.05) is 0 Å². The van der Waals surface area contributed by atoms with Gasteiger partial charge in [0.25, 0.3) is 6.72 Å². The SMILES string of the molecule is C=[N+]=Nc1cccc(C(C)C)c1. The van der Waals surface area contributed by atoms with Gasteiger partial charge in [-0.05, 0) is 23.6 Å². The highest BCUT2D eigenvalue weighted by molar-refractivity contribution is 5.40. The van der Waals surface area contributed by atoms with Crippen LogP contribution >= 0.6 is 0 Å². The first-order valence-corrected chi connectivity index (χ1v) is 4.00. The molecule has 1 rings (SSSR count). The second kappa shape index (κ2) is 3.84. The van der Waals surface area contributed by atoms with Crippen LogP contribution in [0.2, 0.25) is 0 Å². The summed E-state index contributed by atoms with van der Waals surface area (Å²) in [6, 6.07) is 8.02. The largest absolute Gasteiger partial charge is 0.296 e. The summed E-state index contributed by atoms with van der Waals surface area (Å²) < 4.78 is 0. The van der Waals surface area contributed by atoms with E-state index in [1.165, 1.54) is 5.56 Å². The molecule has 0 heterocycles. The van der Waals surface area contributed by atoms with Gasteiger partial charge in [0.05, 0.1) is 0 Å². The molecule has 0 saturated carbocycles. The number of hydrogen-bond acceptors (Lipinski definition) is 1. The minimum atomic E-state index is 0.532. The number of rotatable bonds is 2. The van der Waals surface area contributed by atoms with Gasteiger partial charge in [0.2, 0.25) is 0 Å². The fourth-order valence-electron chi connectivity index (χ4n) is 1.03. The summed E-state index contributed by atoms with van der Waals surface area (Å²) in [5.41, 5.74) is 2.15. The molecular formula is C10H13N2+. The third kappa shape index (κ3) is 2.04. The summed E-state index contributed by atoms with van der Waals surface area (Å²) in [4.78, 5) is 3.48. The zero-order chi connectivity index (χ0) is 8.97. The molecular weight excluding hydrogens is 148 g/mol. The van der Waals surface area contributed by atoms with Crippen LogP contribution in [0.4, 0.5) is 5.69 Å². The lowest BCUT2D eigenvalue weighted by atomic mass is 10.0. The fraction of sp³-hybridized carbons (Fsp3) is 0.300. The first kappa shape index (κ1) is 8.69. The van der Waals surface area contributed by atoms with Gasteiger partial charge in [0.15, 0.2) is 0 Å². The highest BCUT2D eigenvalue weighted by atomic mass is 15.0. The van der Waals surface area contributed by atoms with Crippen LogP contribution in [0.25, 0.3) is 0 Å². The molecule has 0 radical (unpaired) electrons. The quantitative estimate of drug-likeness (QED) is 0.362. The van der Waals surface area contributed by atoms with Gasteiger partial charge in [-0.25, -0.2) is 0 Å². The molecule has 2 heteroatoms. The molecule has 0 spiro atoms. The number of hydrogen-bond donors (Lipinski definition) is 0. The third-order valence-corrected chi connectivity index (χ3v) is 1.72. The van der Waals surface area contributed by atoms with Crippen molar-refractivity contribution in [2.45, 2.75) is 19.8 Å². The predicted octanol–water partition coefficient (Wildman–Crippen LogP) is 2.80. The smallest absolute Gasteiger partial charge is 0.0596 e. The maximum atomic E-state index is 3.86. The second-order valence-corrected chi connectivity index (χ2v) is 2.99. The number of nitrogens with zero attached hydrogens (tertiary/aromatic N) is 2. The second-order valence-electron chi connectivity index (χ2n) is 2.99. The van der Waals surface area contributed by atoms with Crippen LogP contribution in [0.5, 0.6) is 0 Å². The van der Waals surface area contributed by atoms with Crippen LogP contribution in [-0.2, 0) is 0 Å². The van der Waals surface area contributed by atoms with Crippen molar-refractivity contribution >= 4 is 12.4 Å². The summed E-state index contributed by atoms with van der Waals surface area (Å²) in [5, 5.41) is 3.86. The topological polar surface area (TPSA) is 26.5 Å². The standard InChI is InChI=1S/C10H13N2/c1-8(2)9-5-4-6-10(7-9)12-11-3/h4-8H,3H2,1-2H3/q+1. The van der Waals surface area contributed by atoms with E-state index in [9.17, 15) is 0 Å². The Balaban J connectivity index is 3.03. The minimum Gasteiger partial charge on any atom is -0.0596 e. The Kier molecular flexibility index (Phi) is 2.78. The molecule has 2 nitrogen and oxygen atoms in total. The Morgan fingerprint density at radius 2 is 2.17 bits per heavy atom. The first-order chi connectivity index (χ1) is 5.74. The minimum absolute atomic E-state index is 0.532. The zero-order valence-corrected chi connectivity index (χ0v) is 7.49. The van der Waals surface area contributed by atoms with Crippen molar-refractivity contribution in [3.63, 3.8) is 0 Å². The molecule has 0 atom stereocenters. The molecule has 0 aliphatic rings. The van der Waals surface area contributed by atoms with E-state index in [1.807, 2.05) is 18.2 Å². The van der Waals surface area contributed by atoms with E-state index in [0.29, 0.717) is 5.92 Å². The lowest BCUT2D eigenvalue weighted by Crippen LogP contribution is -1.84. The molecule has 0 N–H and O–H groups in total. The van der Waals surface area contributed by atoms with Crippen molar-refractivity contribution in [1.29, 1.82) is 0 Å². The third-order valence-electron chi connectivity index (χ3n) is 1.72. The molecule has 0 aliphatic carbocycles. The molecule has 0 saturated heterocycles. The Hall–Kier alpha value is -1.40. The van der Waals surface area contributed by atoms with Gasteiger partial charge in [-0.1, -0.05) is 26.0 Å². The fourth-order valence-corrected chi connectivity index (χ4v) is 1.03. The van der Waals surface area contributed by atoms with Crippen LogP contribution in [0.15, 0.2) is 29.4 Å². The maximum Gasteiger partial charge on any atom is 0.296 e. The van der Waals surface area contributed by atoms with Gasteiger partial charge in [-0.3, -0.25) is 0 Å².